The largest absolute Gasteiger partial charge is 0.368 e. The number of nitrogens with zero attached hydrogens (tertiary/aromatic N) is 1. The minimum Gasteiger partial charge on any atom is -0.368 e. The van der Waals surface area contributed by atoms with Crippen molar-refractivity contribution < 1.29 is 19.2 Å². The van der Waals surface area contributed by atoms with E-state index in [2.05, 4.69) is 25.9 Å². The van der Waals surface area contributed by atoms with Gasteiger partial charge in [-0.2, -0.15) is 0 Å². The SMILES string of the molecule is CCCCC(NC(=O)C(Cc1cnc[nH]1)NC(=O)C1CCC(=O)N1)C(N)=O. The van der Waals surface area contributed by atoms with Gasteiger partial charge in [-0.1, -0.05) is 19.8 Å². The molecule has 0 aliphatic carbocycles. The molecule has 1 aliphatic rings. The van der Waals surface area contributed by atoms with Crippen LogP contribution in [0.5, 0.6) is 0 Å². The number of H-pyrrole nitrogens is 1. The van der Waals surface area contributed by atoms with Crippen molar-refractivity contribution in [2.45, 2.75) is 63.6 Å². The van der Waals surface area contributed by atoms with Crippen molar-refractivity contribution in [1.82, 2.24) is 25.9 Å². The van der Waals surface area contributed by atoms with Crippen LogP contribution in [0.25, 0.3) is 0 Å². The van der Waals surface area contributed by atoms with Crippen LogP contribution in [0.15, 0.2) is 12.5 Å². The molecule has 1 aromatic heterocycles. The molecule has 3 atom stereocenters. The average molecular weight is 378 g/mol. The first-order valence-electron chi connectivity index (χ1n) is 9.07. The van der Waals surface area contributed by atoms with Gasteiger partial charge in [-0.25, -0.2) is 4.98 Å². The summed E-state index contributed by atoms with van der Waals surface area (Å²) in [6.45, 7) is 1.97. The summed E-state index contributed by atoms with van der Waals surface area (Å²) in [6.07, 6.45) is 5.86. The fourth-order valence-corrected chi connectivity index (χ4v) is 2.87. The number of unbranched alkanes of at least 4 members (excludes halogenated alkanes) is 1. The van der Waals surface area contributed by atoms with Gasteiger partial charge in [0.1, 0.15) is 18.1 Å². The van der Waals surface area contributed by atoms with E-state index in [1.54, 1.807) is 6.20 Å². The van der Waals surface area contributed by atoms with Crippen LogP contribution in [0.2, 0.25) is 0 Å². The molecule has 10 nitrogen and oxygen atoms in total. The molecule has 0 spiro atoms. The summed E-state index contributed by atoms with van der Waals surface area (Å²) in [6, 6.07) is -2.40. The van der Waals surface area contributed by atoms with Crippen molar-refractivity contribution in [3.63, 3.8) is 0 Å². The standard InChI is InChI=1S/C17H26N6O4/c1-2-3-4-11(15(18)25)22-17(27)13(7-10-8-19-9-20-10)23-16(26)12-5-6-14(24)21-12/h8-9,11-13H,2-7H2,1H3,(H2,18,25)(H,19,20)(H,21,24)(H,22,27)(H,23,26). The van der Waals surface area contributed by atoms with Crippen LogP contribution in [-0.4, -0.2) is 51.7 Å². The van der Waals surface area contributed by atoms with E-state index in [-0.39, 0.29) is 18.7 Å². The summed E-state index contributed by atoms with van der Waals surface area (Å²) < 4.78 is 0. The Morgan fingerprint density at radius 1 is 1.33 bits per heavy atom. The molecule has 0 bridgehead atoms. The number of hydrogen-bond donors (Lipinski definition) is 5. The molecule has 0 radical (unpaired) electrons. The molecular weight excluding hydrogens is 352 g/mol. The lowest BCUT2D eigenvalue weighted by molar-refractivity contribution is -0.132. The second-order valence-electron chi connectivity index (χ2n) is 6.61. The van der Waals surface area contributed by atoms with Crippen LogP contribution in [-0.2, 0) is 25.6 Å². The number of imidazole rings is 1. The maximum absolute atomic E-state index is 12.7. The van der Waals surface area contributed by atoms with Crippen LogP contribution >= 0.6 is 0 Å². The molecular formula is C17H26N6O4. The number of carbonyl (C=O) groups excluding carboxylic acids is 4. The van der Waals surface area contributed by atoms with Crippen LogP contribution < -0.4 is 21.7 Å². The predicted octanol–water partition coefficient (Wildman–Crippen LogP) is -1.12. The number of aromatic nitrogens is 2. The molecule has 6 N–H and O–H groups in total. The predicted molar refractivity (Wildman–Crippen MR) is 96.0 cm³/mol. The lowest BCUT2D eigenvalue weighted by atomic mass is 10.1. The van der Waals surface area contributed by atoms with Crippen molar-refractivity contribution in [3.8, 4) is 0 Å². The van der Waals surface area contributed by atoms with E-state index in [9.17, 15) is 19.2 Å². The summed E-state index contributed by atoms with van der Waals surface area (Å²) >= 11 is 0. The third kappa shape index (κ3) is 6.08. The van der Waals surface area contributed by atoms with Crippen LogP contribution in [0.1, 0.15) is 44.7 Å². The normalized spacial score (nSPS) is 18.4. The molecule has 1 fully saturated rings. The fourth-order valence-electron chi connectivity index (χ4n) is 2.87. The van der Waals surface area contributed by atoms with Gasteiger partial charge >= 0.3 is 0 Å². The van der Waals surface area contributed by atoms with Gasteiger partial charge in [0.2, 0.25) is 23.6 Å². The van der Waals surface area contributed by atoms with E-state index >= 15 is 0 Å². The van der Waals surface area contributed by atoms with E-state index in [4.69, 9.17) is 5.73 Å². The Kier molecular flexibility index (Phi) is 7.33. The van der Waals surface area contributed by atoms with E-state index in [1.165, 1.54) is 6.33 Å². The first kappa shape index (κ1) is 20.4. The highest BCUT2D eigenvalue weighted by Crippen LogP contribution is 2.08. The minimum atomic E-state index is -0.932. The summed E-state index contributed by atoms with van der Waals surface area (Å²) in [5, 5.41) is 7.84. The molecule has 2 heterocycles. The van der Waals surface area contributed by atoms with Gasteiger partial charge in [0, 0.05) is 24.7 Å². The van der Waals surface area contributed by atoms with Gasteiger partial charge in [0.05, 0.1) is 6.33 Å². The molecule has 1 aromatic rings. The van der Waals surface area contributed by atoms with Gasteiger partial charge in [0.25, 0.3) is 0 Å². The van der Waals surface area contributed by atoms with E-state index in [0.29, 0.717) is 18.5 Å². The van der Waals surface area contributed by atoms with Gasteiger partial charge in [-0.15, -0.1) is 0 Å². The smallest absolute Gasteiger partial charge is 0.243 e. The summed E-state index contributed by atoms with van der Waals surface area (Å²) in [5.41, 5.74) is 6.02. The molecule has 1 aliphatic heterocycles. The number of amides is 4. The van der Waals surface area contributed by atoms with Crippen molar-refractivity contribution >= 4 is 23.6 Å². The highest BCUT2D eigenvalue weighted by Gasteiger charge is 2.31. The maximum atomic E-state index is 12.7. The van der Waals surface area contributed by atoms with Crippen molar-refractivity contribution in [2.75, 3.05) is 0 Å². The molecule has 0 saturated carbocycles. The van der Waals surface area contributed by atoms with Crippen molar-refractivity contribution in [1.29, 1.82) is 0 Å². The van der Waals surface area contributed by atoms with Gasteiger partial charge in [-0.3, -0.25) is 19.2 Å². The van der Waals surface area contributed by atoms with Crippen LogP contribution in [0, 0.1) is 0 Å². The zero-order chi connectivity index (χ0) is 19.8. The third-order valence-corrected chi connectivity index (χ3v) is 4.43. The Hall–Kier alpha value is -2.91. The third-order valence-electron chi connectivity index (χ3n) is 4.43. The van der Waals surface area contributed by atoms with E-state index < -0.39 is 35.8 Å². The summed E-state index contributed by atoms with van der Waals surface area (Å²) in [5.74, 6) is -1.77. The molecule has 2 rings (SSSR count). The van der Waals surface area contributed by atoms with Gasteiger partial charge < -0.3 is 26.7 Å². The van der Waals surface area contributed by atoms with Gasteiger partial charge in [-0.05, 0) is 12.8 Å². The topological polar surface area (TPSA) is 159 Å². The van der Waals surface area contributed by atoms with E-state index in [0.717, 1.165) is 12.8 Å². The van der Waals surface area contributed by atoms with Gasteiger partial charge in [0.15, 0.2) is 0 Å². The number of carbonyl (C=O) groups is 4. The number of nitrogens with two attached hydrogens (primary N) is 1. The molecule has 4 amide bonds. The highest BCUT2D eigenvalue weighted by molar-refractivity contribution is 5.95. The summed E-state index contributed by atoms with van der Waals surface area (Å²) in [4.78, 5) is 54.8. The second-order valence-corrected chi connectivity index (χ2v) is 6.61. The lowest BCUT2D eigenvalue weighted by Crippen LogP contribution is -2.56. The second kappa shape index (κ2) is 9.70. The molecule has 3 unspecified atom stereocenters. The first-order valence-corrected chi connectivity index (χ1v) is 9.07. The Labute approximate surface area is 157 Å². The Morgan fingerprint density at radius 2 is 2.11 bits per heavy atom. The highest BCUT2D eigenvalue weighted by atomic mass is 16.2. The van der Waals surface area contributed by atoms with Crippen LogP contribution in [0.3, 0.4) is 0 Å². The summed E-state index contributed by atoms with van der Waals surface area (Å²) in [7, 11) is 0. The average Bonchev–Trinajstić information content (AvgIpc) is 3.29. The lowest BCUT2D eigenvalue weighted by Gasteiger charge is -2.23. The molecule has 0 aromatic carbocycles. The zero-order valence-corrected chi connectivity index (χ0v) is 15.3. The Morgan fingerprint density at radius 3 is 2.67 bits per heavy atom. The molecule has 10 heteroatoms. The van der Waals surface area contributed by atoms with Crippen molar-refractivity contribution in [3.05, 3.63) is 18.2 Å². The maximum Gasteiger partial charge on any atom is 0.243 e. The van der Waals surface area contributed by atoms with E-state index in [1.807, 2.05) is 6.92 Å². The number of hydrogen-bond acceptors (Lipinski definition) is 5. The number of primary amides is 1. The number of rotatable bonds is 10. The Balaban J connectivity index is 2.05. The van der Waals surface area contributed by atoms with Crippen LogP contribution in [0.4, 0.5) is 0 Å². The molecule has 148 valence electrons. The quantitative estimate of drug-likeness (QED) is 0.348. The zero-order valence-electron chi connectivity index (χ0n) is 15.3. The number of nitrogens with one attached hydrogen (secondary N) is 4. The monoisotopic (exact) mass is 378 g/mol. The number of aromatic amines is 1. The first-order chi connectivity index (χ1) is 12.9. The molecule has 1 saturated heterocycles. The molecule has 27 heavy (non-hydrogen) atoms. The Bertz CT molecular complexity index is 675. The minimum absolute atomic E-state index is 0.164. The van der Waals surface area contributed by atoms with Crippen molar-refractivity contribution in [2.24, 2.45) is 5.73 Å². The fraction of sp³-hybridized carbons (Fsp3) is 0.588.